The second-order valence-electron chi connectivity index (χ2n) is 5.12. The van der Waals surface area contributed by atoms with Crippen LogP contribution >= 0.6 is 0 Å². The molecule has 3 nitrogen and oxygen atoms in total. The van der Waals surface area contributed by atoms with Crippen molar-refractivity contribution >= 4 is 0 Å². The quantitative estimate of drug-likeness (QED) is 0.802. The van der Waals surface area contributed by atoms with Gasteiger partial charge in [0.1, 0.15) is 11.9 Å². The number of aliphatic hydroxyl groups excluding tert-OH is 1. The molecular formula is C16H16F4N2O. The minimum absolute atomic E-state index is 0.0574. The molecule has 0 spiro atoms. The topological polar surface area (TPSA) is 45.1 Å². The molecule has 0 aliphatic rings. The summed E-state index contributed by atoms with van der Waals surface area (Å²) in [5.74, 6) is -0.583. The van der Waals surface area contributed by atoms with E-state index in [0.29, 0.717) is 11.1 Å². The fourth-order valence-corrected chi connectivity index (χ4v) is 2.16. The molecule has 1 aromatic heterocycles. The molecule has 2 rings (SSSR count). The Morgan fingerprint density at radius 2 is 1.78 bits per heavy atom. The van der Waals surface area contributed by atoms with Crippen molar-refractivity contribution in [2.75, 3.05) is 0 Å². The van der Waals surface area contributed by atoms with Gasteiger partial charge in [0.15, 0.2) is 0 Å². The Hall–Kier alpha value is -1.99. The highest BCUT2D eigenvalue weighted by Crippen LogP contribution is 2.23. The lowest BCUT2D eigenvalue weighted by Crippen LogP contribution is -2.43. The number of nitrogens with zero attached hydrogens (tertiary/aromatic N) is 1. The van der Waals surface area contributed by atoms with Gasteiger partial charge in [0.2, 0.25) is 0 Å². The first kappa shape index (κ1) is 17.4. The second-order valence-corrected chi connectivity index (χ2v) is 5.12. The van der Waals surface area contributed by atoms with E-state index in [-0.39, 0.29) is 18.5 Å². The third kappa shape index (κ3) is 5.01. The van der Waals surface area contributed by atoms with Crippen LogP contribution in [-0.4, -0.2) is 22.3 Å². The van der Waals surface area contributed by atoms with Gasteiger partial charge in [0.05, 0.1) is 6.61 Å². The van der Waals surface area contributed by atoms with Crippen LogP contribution in [0, 0.1) is 5.82 Å². The summed E-state index contributed by atoms with van der Waals surface area (Å²) in [6, 6.07) is 5.20. The molecule has 0 bridgehead atoms. The van der Waals surface area contributed by atoms with E-state index in [9.17, 15) is 17.6 Å². The summed E-state index contributed by atoms with van der Waals surface area (Å²) in [6.07, 6.45) is -1.75. The molecule has 0 radical (unpaired) electrons. The van der Waals surface area contributed by atoms with E-state index >= 15 is 0 Å². The monoisotopic (exact) mass is 328 g/mol. The molecule has 124 valence electrons. The van der Waals surface area contributed by atoms with Gasteiger partial charge in [-0.2, -0.15) is 13.2 Å². The Labute approximate surface area is 131 Å². The molecule has 0 fully saturated rings. The van der Waals surface area contributed by atoms with E-state index in [2.05, 4.69) is 10.3 Å². The number of benzene rings is 1. The third-order valence-electron chi connectivity index (χ3n) is 3.42. The molecule has 7 heteroatoms. The zero-order valence-corrected chi connectivity index (χ0v) is 12.1. The number of aromatic nitrogens is 1. The molecule has 0 saturated heterocycles. The van der Waals surface area contributed by atoms with Crippen molar-refractivity contribution in [1.82, 2.24) is 10.3 Å². The fourth-order valence-electron chi connectivity index (χ4n) is 2.16. The van der Waals surface area contributed by atoms with Crippen LogP contribution in [0.15, 0.2) is 42.7 Å². The summed E-state index contributed by atoms with van der Waals surface area (Å²) in [7, 11) is 0. The number of alkyl halides is 3. The van der Waals surface area contributed by atoms with E-state index in [4.69, 9.17) is 5.11 Å². The van der Waals surface area contributed by atoms with Gasteiger partial charge in [-0.15, -0.1) is 0 Å². The van der Waals surface area contributed by atoms with Gasteiger partial charge >= 0.3 is 6.18 Å². The van der Waals surface area contributed by atoms with Crippen LogP contribution < -0.4 is 5.32 Å². The van der Waals surface area contributed by atoms with Gasteiger partial charge in [0, 0.05) is 24.5 Å². The Morgan fingerprint density at radius 3 is 2.39 bits per heavy atom. The molecule has 0 amide bonds. The lowest BCUT2D eigenvalue weighted by Gasteiger charge is -2.22. The van der Waals surface area contributed by atoms with Crippen molar-refractivity contribution in [3.8, 4) is 0 Å². The standard InChI is InChI=1S/C16H16F4N2O/c17-14-2-1-12(7-13(14)10-23)9-22-15(16(18,19)20)8-11-3-5-21-6-4-11/h1-7,15,22-23H,8-10H2. The Morgan fingerprint density at radius 1 is 1.09 bits per heavy atom. The first-order chi connectivity index (χ1) is 10.9. The number of halogens is 4. The number of rotatable bonds is 6. The predicted molar refractivity (Wildman–Crippen MR) is 76.9 cm³/mol. The highest BCUT2D eigenvalue weighted by Gasteiger charge is 2.39. The van der Waals surface area contributed by atoms with Crippen molar-refractivity contribution in [3.05, 3.63) is 65.2 Å². The maximum absolute atomic E-state index is 13.3. The van der Waals surface area contributed by atoms with E-state index in [1.165, 1.54) is 36.7 Å². The lowest BCUT2D eigenvalue weighted by atomic mass is 10.1. The average molecular weight is 328 g/mol. The summed E-state index contributed by atoms with van der Waals surface area (Å²) >= 11 is 0. The highest BCUT2D eigenvalue weighted by atomic mass is 19.4. The zero-order chi connectivity index (χ0) is 16.9. The maximum Gasteiger partial charge on any atom is 0.404 e. The van der Waals surface area contributed by atoms with Gasteiger partial charge in [0.25, 0.3) is 0 Å². The Balaban J connectivity index is 2.07. The van der Waals surface area contributed by atoms with E-state index in [0.717, 1.165) is 6.07 Å². The van der Waals surface area contributed by atoms with Crippen LogP contribution in [0.2, 0.25) is 0 Å². The molecular weight excluding hydrogens is 312 g/mol. The second kappa shape index (κ2) is 7.52. The normalized spacial score (nSPS) is 13.1. The van der Waals surface area contributed by atoms with Crippen LogP contribution in [0.4, 0.5) is 17.6 Å². The Bertz CT molecular complexity index is 632. The van der Waals surface area contributed by atoms with Crippen molar-refractivity contribution < 1.29 is 22.7 Å². The predicted octanol–water partition coefficient (Wildman–Crippen LogP) is 2.98. The van der Waals surface area contributed by atoms with Gasteiger partial charge in [-0.25, -0.2) is 4.39 Å². The van der Waals surface area contributed by atoms with Crippen LogP contribution in [0.3, 0.4) is 0 Å². The van der Waals surface area contributed by atoms with Crippen molar-refractivity contribution in [3.63, 3.8) is 0 Å². The average Bonchev–Trinajstić information content (AvgIpc) is 2.52. The molecule has 0 aliphatic carbocycles. The molecule has 0 saturated carbocycles. The molecule has 2 N–H and O–H groups in total. The molecule has 1 heterocycles. The molecule has 1 aromatic carbocycles. The molecule has 1 unspecified atom stereocenters. The Kier molecular flexibility index (Phi) is 5.68. The van der Waals surface area contributed by atoms with Crippen LogP contribution in [0.25, 0.3) is 0 Å². The fraction of sp³-hybridized carbons (Fsp3) is 0.312. The van der Waals surface area contributed by atoms with Crippen LogP contribution in [-0.2, 0) is 19.6 Å². The van der Waals surface area contributed by atoms with Crippen LogP contribution in [0.1, 0.15) is 16.7 Å². The summed E-state index contributed by atoms with van der Waals surface area (Å²) in [5, 5.41) is 11.4. The minimum Gasteiger partial charge on any atom is -0.392 e. The third-order valence-corrected chi connectivity index (χ3v) is 3.42. The van der Waals surface area contributed by atoms with Crippen molar-refractivity contribution in [2.45, 2.75) is 31.8 Å². The summed E-state index contributed by atoms with van der Waals surface area (Å²) in [6.45, 7) is -0.581. The number of hydrogen-bond donors (Lipinski definition) is 2. The molecule has 23 heavy (non-hydrogen) atoms. The molecule has 2 aromatic rings. The van der Waals surface area contributed by atoms with Gasteiger partial charge < -0.3 is 10.4 Å². The number of aliphatic hydroxyl groups is 1. The first-order valence-electron chi connectivity index (χ1n) is 6.97. The first-order valence-corrected chi connectivity index (χ1v) is 6.97. The highest BCUT2D eigenvalue weighted by molar-refractivity contribution is 5.24. The molecule has 0 aliphatic heterocycles. The molecule has 1 atom stereocenters. The number of nitrogens with one attached hydrogen (secondary N) is 1. The maximum atomic E-state index is 13.3. The summed E-state index contributed by atoms with van der Waals surface area (Å²) in [4.78, 5) is 3.77. The van der Waals surface area contributed by atoms with E-state index < -0.39 is 24.6 Å². The van der Waals surface area contributed by atoms with Crippen molar-refractivity contribution in [1.29, 1.82) is 0 Å². The van der Waals surface area contributed by atoms with E-state index in [1.54, 1.807) is 0 Å². The van der Waals surface area contributed by atoms with Crippen molar-refractivity contribution in [2.24, 2.45) is 0 Å². The van der Waals surface area contributed by atoms with Gasteiger partial charge in [-0.3, -0.25) is 4.98 Å². The van der Waals surface area contributed by atoms with Crippen LogP contribution in [0.5, 0.6) is 0 Å². The smallest absolute Gasteiger partial charge is 0.392 e. The van der Waals surface area contributed by atoms with Gasteiger partial charge in [-0.1, -0.05) is 6.07 Å². The SMILES string of the molecule is OCc1cc(CNC(Cc2ccncc2)C(F)(F)F)ccc1F. The zero-order valence-electron chi connectivity index (χ0n) is 12.1. The lowest BCUT2D eigenvalue weighted by molar-refractivity contribution is -0.155. The largest absolute Gasteiger partial charge is 0.404 e. The minimum atomic E-state index is -4.41. The summed E-state index contributed by atoms with van der Waals surface area (Å²) in [5.41, 5.74) is 1.05. The number of pyridine rings is 1. The number of hydrogen-bond acceptors (Lipinski definition) is 3. The summed E-state index contributed by atoms with van der Waals surface area (Å²) < 4.78 is 52.7. The van der Waals surface area contributed by atoms with Gasteiger partial charge in [-0.05, 0) is 41.8 Å². The van der Waals surface area contributed by atoms with E-state index in [1.807, 2.05) is 0 Å².